The second kappa shape index (κ2) is 8.34. The molecule has 0 aliphatic heterocycles. The second-order valence-corrected chi connectivity index (χ2v) is 5.51. The van der Waals surface area contributed by atoms with Crippen LogP contribution in [0.2, 0.25) is 0 Å². The van der Waals surface area contributed by atoms with Gasteiger partial charge in [0.05, 0.1) is 0 Å². The SMILES string of the molecule is CCCNC(CCOC)Cc1c(C)cc(C)cc1C. The van der Waals surface area contributed by atoms with Crippen LogP contribution in [0.15, 0.2) is 12.1 Å². The normalized spacial score (nSPS) is 12.7. The molecule has 19 heavy (non-hydrogen) atoms. The summed E-state index contributed by atoms with van der Waals surface area (Å²) in [6.45, 7) is 10.7. The van der Waals surface area contributed by atoms with Crippen LogP contribution in [0.3, 0.4) is 0 Å². The van der Waals surface area contributed by atoms with Crippen LogP contribution in [0.5, 0.6) is 0 Å². The molecule has 0 saturated carbocycles. The standard InChI is InChI=1S/C17H29NO/c1-6-8-18-16(7-9-19-5)12-17-14(3)10-13(2)11-15(17)4/h10-11,16,18H,6-9,12H2,1-5H3. The van der Waals surface area contributed by atoms with Crippen LogP contribution < -0.4 is 5.32 Å². The summed E-state index contributed by atoms with van der Waals surface area (Å²) in [6, 6.07) is 5.09. The molecule has 0 saturated heterocycles. The summed E-state index contributed by atoms with van der Waals surface area (Å²) < 4.78 is 5.23. The van der Waals surface area contributed by atoms with Gasteiger partial charge in [-0.05, 0) is 63.3 Å². The molecule has 1 aromatic rings. The predicted molar refractivity (Wildman–Crippen MR) is 82.9 cm³/mol. The number of rotatable bonds is 8. The third-order valence-corrected chi connectivity index (χ3v) is 3.64. The number of methoxy groups -OCH3 is 1. The van der Waals surface area contributed by atoms with Crippen molar-refractivity contribution in [2.75, 3.05) is 20.3 Å². The van der Waals surface area contributed by atoms with Gasteiger partial charge in [0.1, 0.15) is 0 Å². The number of ether oxygens (including phenoxy) is 1. The minimum Gasteiger partial charge on any atom is -0.385 e. The zero-order valence-electron chi connectivity index (χ0n) is 13.2. The van der Waals surface area contributed by atoms with Crippen molar-refractivity contribution in [3.8, 4) is 0 Å². The van der Waals surface area contributed by atoms with Crippen LogP contribution in [-0.4, -0.2) is 26.3 Å². The van der Waals surface area contributed by atoms with E-state index in [0.29, 0.717) is 6.04 Å². The van der Waals surface area contributed by atoms with Gasteiger partial charge in [0.2, 0.25) is 0 Å². The van der Waals surface area contributed by atoms with Gasteiger partial charge < -0.3 is 10.1 Å². The van der Waals surface area contributed by atoms with Crippen molar-refractivity contribution in [1.82, 2.24) is 5.32 Å². The Labute approximate surface area is 118 Å². The lowest BCUT2D eigenvalue weighted by Gasteiger charge is -2.21. The number of aryl methyl sites for hydroxylation is 3. The molecule has 2 heteroatoms. The largest absolute Gasteiger partial charge is 0.385 e. The maximum absolute atomic E-state index is 5.23. The summed E-state index contributed by atoms with van der Waals surface area (Å²) in [6.07, 6.45) is 3.35. The monoisotopic (exact) mass is 263 g/mol. The van der Waals surface area contributed by atoms with E-state index in [1.54, 1.807) is 7.11 Å². The van der Waals surface area contributed by atoms with E-state index in [-0.39, 0.29) is 0 Å². The molecule has 2 nitrogen and oxygen atoms in total. The molecule has 0 aliphatic rings. The lowest BCUT2D eigenvalue weighted by atomic mass is 9.93. The van der Waals surface area contributed by atoms with Crippen molar-refractivity contribution >= 4 is 0 Å². The van der Waals surface area contributed by atoms with E-state index in [2.05, 4.69) is 45.1 Å². The lowest BCUT2D eigenvalue weighted by molar-refractivity contribution is 0.182. The van der Waals surface area contributed by atoms with Crippen molar-refractivity contribution in [1.29, 1.82) is 0 Å². The summed E-state index contributed by atoms with van der Waals surface area (Å²) in [4.78, 5) is 0. The Balaban J connectivity index is 2.77. The van der Waals surface area contributed by atoms with Gasteiger partial charge in [-0.3, -0.25) is 0 Å². The molecular weight excluding hydrogens is 234 g/mol. The molecule has 0 fully saturated rings. The van der Waals surface area contributed by atoms with E-state index in [9.17, 15) is 0 Å². The van der Waals surface area contributed by atoms with Gasteiger partial charge in [-0.1, -0.05) is 24.6 Å². The molecule has 1 rings (SSSR count). The quantitative estimate of drug-likeness (QED) is 0.774. The smallest absolute Gasteiger partial charge is 0.0477 e. The Hall–Kier alpha value is -0.860. The highest BCUT2D eigenvalue weighted by Crippen LogP contribution is 2.19. The Morgan fingerprint density at radius 1 is 1.16 bits per heavy atom. The van der Waals surface area contributed by atoms with Gasteiger partial charge in [-0.25, -0.2) is 0 Å². The van der Waals surface area contributed by atoms with Crippen LogP contribution in [-0.2, 0) is 11.2 Å². The predicted octanol–water partition coefficient (Wildman–Crippen LogP) is 3.56. The summed E-state index contributed by atoms with van der Waals surface area (Å²) in [5.74, 6) is 0. The fourth-order valence-electron chi connectivity index (χ4n) is 2.66. The number of hydrogen-bond donors (Lipinski definition) is 1. The summed E-state index contributed by atoms with van der Waals surface area (Å²) in [5.41, 5.74) is 5.68. The molecule has 0 heterocycles. The van der Waals surface area contributed by atoms with Gasteiger partial charge in [0.15, 0.2) is 0 Å². The first-order valence-corrected chi connectivity index (χ1v) is 7.37. The molecule has 1 aromatic carbocycles. The first-order chi connectivity index (χ1) is 9.08. The van der Waals surface area contributed by atoms with Crippen LogP contribution >= 0.6 is 0 Å². The second-order valence-electron chi connectivity index (χ2n) is 5.51. The van der Waals surface area contributed by atoms with E-state index in [4.69, 9.17) is 4.74 Å². The van der Waals surface area contributed by atoms with Crippen LogP contribution in [0.25, 0.3) is 0 Å². The topological polar surface area (TPSA) is 21.3 Å². The third-order valence-electron chi connectivity index (χ3n) is 3.64. The van der Waals surface area contributed by atoms with Gasteiger partial charge >= 0.3 is 0 Å². The minimum absolute atomic E-state index is 0.514. The van der Waals surface area contributed by atoms with E-state index in [1.807, 2.05) is 0 Å². The maximum atomic E-state index is 5.23. The van der Waals surface area contributed by atoms with Crippen LogP contribution in [0.4, 0.5) is 0 Å². The van der Waals surface area contributed by atoms with E-state index in [0.717, 1.165) is 26.0 Å². The van der Waals surface area contributed by atoms with Crippen LogP contribution in [0.1, 0.15) is 42.0 Å². The number of benzene rings is 1. The zero-order chi connectivity index (χ0) is 14.3. The lowest BCUT2D eigenvalue weighted by Crippen LogP contribution is -2.33. The fourth-order valence-corrected chi connectivity index (χ4v) is 2.66. The zero-order valence-corrected chi connectivity index (χ0v) is 13.2. The van der Waals surface area contributed by atoms with E-state index < -0.39 is 0 Å². The van der Waals surface area contributed by atoms with Crippen molar-refractivity contribution in [2.45, 2.75) is 53.0 Å². The number of nitrogens with one attached hydrogen (secondary N) is 1. The summed E-state index contributed by atoms with van der Waals surface area (Å²) >= 11 is 0. The highest BCUT2D eigenvalue weighted by Gasteiger charge is 2.12. The molecule has 0 bridgehead atoms. The van der Waals surface area contributed by atoms with Crippen molar-refractivity contribution in [3.05, 3.63) is 34.4 Å². The minimum atomic E-state index is 0.514. The molecule has 1 atom stereocenters. The summed E-state index contributed by atoms with van der Waals surface area (Å²) in [7, 11) is 1.78. The van der Waals surface area contributed by atoms with Gasteiger partial charge in [-0.2, -0.15) is 0 Å². The van der Waals surface area contributed by atoms with E-state index >= 15 is 0 Å². The van der Waals surface area contributed by atoms with Gasteiger partial charge in [0.25, 0.3) is 0 Å². The fraction of sp³-hybridized carbons (Fsp3) is 0.647. The third kappa shape index (κ3) is 5.33. The molecule has 0 spiro atoms. The highest BCUT2D eigenvalue weighted by molar-refractivity contribution is 5.38. The van der Waals surface area contributed by atoms with Crippen molar-refractivity contribution in [2.24, 2.45) is 0 Å². The van der Waals surface area contributed by atoms with Gasteiger partial charge in [0, 0.05) is 19.8 Å². The number of hydrogen-bond acceptors (Lipinski definition) is 2. The molecule has 0 amide bonds. The Kier molecular flexibility index (Phi) is 7.11. The molecule has 0 aromatic heterocycles. The Morgan fingerprint density at radius 2 is 1.79 bits per heavy atom. The average Bonchev–Trinajstić information content (AvgIpc) is 2.35. The van der Waals surface area contributed by atoms with Crippen LogP contribution in [0, 0.1) is 20.8 Å². The first kappa shape index (κ1) is 16.2. The van der Waals surface area contributed by atoms with Gasteiger partial charge in [-0.15, -0.1) is 0 Å². The molecule has 0 radical (unpaired) electrons. The average molecular weight is 263 g/mol. The summed E-state index contributed by atoms with van der Waals surface area (Å²) in [5, 5.41) is 3.64. The van der Waals surface area contributed by atoms with Crippen molar-refractivity contribution < 1.29 is 4.74 Å². The molecule has 1 N–H and O–H groups in total. The molecule has 1 unspecified atom stereocenters. The molecule has 108 valence electrons. The highest BCUT2D eigenvalue weighted by atomic mass is 16.5. The Morgan fingerprint density at radius 3 is 2.32 bits per heavy atom. The maximum Gasteiger partial charge on any atom is 0.0477 e. The molecular formula is C17H29NO. The van der Waals surface area contributed by atoms with E-state index in [1.165, 1.54) is 28.7 Å². The Bertz CT molecular complexity index is 356. The first-order valence-electron chi connectivity index (χ1n) is 7.37. The van der Waals surface area contributed by atoms with Crippen molar-refractivity contribution in [3.63, 3.8) is 0 Å². The molecule has 0 aliphatic carbocycles.